The molecule has 0 saturated carbocycles. The Balaban J connectivity index is 2.02. The number of nitrogens with zero attached hydrogens (tertiary/aromatic N) is 2. The third-order valence-electron chi connectivity index (χ3n) is 5.23. The first kappa shape index (κ1) is 16.0. The highest BCUT2D eigenvalue weighted by Gasteiger charge is 2.56. The van der Waals surface area contributed by atoms with E-state index in [-0.39, 0.29) is 17.9 Å². The van der Waals surface area contributed by atoms with E-state index in [9.17, 15) is 14.7 Å². The van der Waals surface area contributed by atoms with Gasteiger partial charge < -0.3 is 10.0 Å². The number of carboxylic acids is 1. The average molecular weight is 316 g/mol. The van der Waals surface area contributed by atoms with E-state index >= 15 is 0 Å². The molecule has 5 heteroatoms. The molecule has 23 heavy (non-hydrogen) atoms. The zero-order valence-electron chi connectivity index (χ0n) is 14.1. The van der Waals surface area contributed by atoms with Crippen LogP contribution in [0.3, 0.4) is 0 Å². The van der Waals surface area contributed by atoms with Crippen molar-refractivity contribution in [2.75, 3.05) is 0 Å². The van der Waals surface area contributed by atoms with Crippen molar-refractivity contribution in [2.24, 2.45) is 5.92 Å². The molecule has 2 atom stereocenters. The molecule has 1 saturated heterocycles. The van der Waals surface area contributed by atoms with Gasteiger partial charge in [0.2, 0.25) is 5.91 Å². The van der Waals surface area contributed by atoms with E-state index in [1.54, 1.807) is 4.90 Å². The fourth-order valence-electron chi connectivity index (χ4n) is 4.06. The van der Waals surface area contributed by atoms with Crippen LogP contribution in [0.1, 0.15) is 38.8 Å². The number of fused-ring (bicyclic) bond motifs is 2. The maximum atomic E-state index is 13.0. The molecular weight excluding hydrogens is 292 g/mol. The highest BCUT2D eigenvalue weighted by Crippen LogP contribution is 2.40. The molecule has 1 amide bonds. The molecule has 1 aromatic rings. The fourth-order valence-corrected chi connectivity index (χ4v) is 4.06. The highest BCUT2D eigenvalue weighted by atomic mass is 16.4. The van der Waals surface area contributed by atoms with Crippen molar-refractivity contribution >= 4 is 11.9 Å². The van der Waals surface area contributed by atoms with E-state index in [2.05, 4.69) is 17.0 Å². The van der Waals surface area contributed by atoms with Crippen LogP contribution >= 0.6 is 0 Å². The van der Waals surface area contributed by atoms with E-state index in [0.717, 1.165) is 0 Å². The monoisotopic (exact) mass is 316 g/mol. The molecule has 1 aromatic carbocycles. The van der Waals surface area contributed by atoms with Gasteiger partial charge in [0, 0.05) is 6.54 Å². The molecular formula is C18H24N2O3. The summed E-state index contributed by atoms with van der Waals surface area (Å²) in [5.41, 5.74) is 1.81. The van der Waals surface area contributed by atoms with E-state index < -0.39 is 17.7 Å². The van der Waals surface area contributed by atoms with Crippen LogP contribution in [-0.2, 0) is 22.6 Å². The number of rotatable bonds is 3. The minimum atomic E-state index is -0.932. The number of carbonyl (C=O) groups is 2. The zero-order valence-corrected chi connectivity index (χ0v) is 14.1. The molecule has 0 aliphatic carbocycles. The van der Waals surface area contributed by atoms with Gasteiger partial charge in [0.25, 0.3) is 0 Å². The summed E-state index contributed by atoms with van der Waals surface area (Å²) in [5.74, 6) is -1.14. The summed E-state index contributed by atoms with van der Waals surface area (Å²) in [6.45, 7) is 8.30. The van der Waals surface area contributed by atoms with E-state index in [1.807, 2.05) is 39.8 Å². The van der Waals surface area contributed by atoms with Crippen LogP contribution in [0.5, 0.6) is 0 Å². The van der Waals surface area contributed by atoms with E-state index in [4.69, 9.17) is 0 Å². The van der Waals surface area contributed by atoms with Gasteiger partial charge in [-0.25, -0.2) is 4.79 Å². The lowest BCUT2D eigenvalue weighted by atomic mass is 9.94. The normalized spacial score (nSPS) is 24.5. The topological polar surface area (TPSA) is 60.9 Å². The van der Waals surface area contributed by atoms with Crippen molar-refractivity contribution in [3.8, 4) is 0 Å². The van der Waals surface area contributed by atoms with Crippen LogP contribution in [0.4, 0.5) is 0 Å². The van der Waals surface area contributed by atoms with Gasteiger partial charge in [-0.3, -0.25) is 9.69 Å². The van der Waals surface area contributed by atoms with Crippen molar-refractivity contribution in [3.63, 3.8) is 0 Å². The lowest BCUT2D eigenvalue weighted by Gasteiger charge is -2.43. The minimum Gasteiger partial charge on any atom is -0.480 e. The predicted molar refractivity (Wildman–Crippen MR) is 86.7 cm³/mol. The summed E-state index contributed by atoms with van der Waals surface area (Å²) in [6.07, 6.45) is 0.652. The summed E-state index contributed by atoms with van der Waals surface area (Å²) in [7, 11) is 0. The Morgan fingerprint density at radius 2 is 1.87 bits per heavy atom. The molecule has 5 nitrogen and oxygen atoms in total. The van der Waals surface area contributed by atoms with Gasteiger partial charge in [-0.2, -0.15) is 0 Å². The quantitative estimate of drug-likeness (QED) is 0.928. The number of benzene rings is 1. The van der Waals surface area contributed by atoms with Crippen molar-refractivity contribution in [1.29, 1.82) is 0 Å². The van der Waals surface area contributed by atoms with E-state index in [0.29, 0.717) is 13.0 Å². The Bertz CT molecular complexity index is 653. The Hall–Kier alpha value is -1.88. The van der Waals surface area contributed by atoms with Gasteiger partial charge in [0.05, 0.1) is 11.7 Å². The summed E-state index contributed by atoms with van der Waals surface area (Å²) in [5, 5.41) is 9.65. The smallest absolute Gasteiger partial charge is 0.326 e. The fraction of sp³-hybridized carbons (Fsp3) is 0.556. The molecule has 1 fully saturated rings. The lowest BCUT2D eigenvalue weighted by molar-refractivity contribution is -0.155. The molecule has 0 radical (unpaired) electrons. The second-order valence-electron chi connectivity index (χ2n) is 7.35. The number of hydrogen-bond acceptors (Lipinski definition) is 3. The third kappa shape index (κ3) is 2.34. The molecule has 0 aromatic heterocycles. The highest BCUT2D eigenvalue weighted by molar-refractivity contribution is 5.90. The number of carbonyl (C=O) groups excluding carboxylic acids is 1. The van der Waals surface area contributed by atoms with Crippen LogP contribution < -0.4 is 0 Å². The largest absolute Gasteiger partial charge is 0.480 e. The molecule has 3 rings (SSSR count). The number of amides is 1. The second-order valence-corrected chi connectivity index (χ2v) is 7.35. The van der Waals surface area contributed by atoms with Crippen LogP contribution in [-0.4, -0.2) is 44.5 Å². The number of hydrogen-bond donors (Lipinski definition) is 1. The first-order valence-corrected chi connectivity index (χ1v) is 8.14. The zero-order chi connectivity index (χ0) is 16.9. The SMILES string of the molecule is CC(C)[C@@H](C(=O)O)N1C(=O)[C@@H]2Cc3ccccc3CN2C1(C)C. The molecule has 0 bridgehead atoms. The van der Waals surface area contributed by atoms with Gasteiger partial charge >= 0.3 is 5.97 Å². The lowest BCUT2D eigenvalue weighted by Crippen LogP contribution is -2.57. The molecule has 1 N–H and O–H groups in total. The summed E-state index contributed by atoms with van der Waals surface area (Å²) in [6, 6.07) is 7.09. The maximum Gasteiger partial charge on any atom is 0.326 e. The van der Waals surface area contributed by atoms with Gasteiger partial charge in [0.15, 0.2) is 0 Å². The molecule has 2 heterocycles. The summed E-state index contributed by atoms with van der Waals surface area (Å²) >= 11 is 0. The molecule has 2 aliphatic heterocycles. The van der Waals surface area contributed by atoms with Crippen LogP contribution in [0.15, 0.2) is 24.3 Å². The first-order valence-electron chi connectivity index (χ1n) is 8.14. The molecule has 124 valence electrons. The van der Waals surface area contributed by atoms with Gasteiger partial charge in [-0.1, -0.05) is 38.1 Å². The van der Waals surface area contributed by atoms with Crippen molar-refractivity contribution < 1.29 is 14.7 Å². The molecule has 2 aliphatic rings. The van der Waals surface area contributed by atoms with Crippen molar-refractivity contribution in [3.05, 3.63) is 35.4 Å². The summed E-state index contributed by atoms with van der Waals surface area (Å²) < 4.78 is 0. The second kappa shape index (κ2) is 5.34. The van der Waals surface area contributed by atoms with Gasteiger partial charge in [0.1, 0.15) is 6.04 Å². The molecule has 0 unspecified atom stereocenters. The number of carboxylic acid groups (broad SMARTS) is 1. The third-order valence-corrected chi connectivity index (χ3v) is 5.23. The maximum absolute atomic E-state index is 13.0. The van der Waals surface area contributed by atoms with Gasteiger partial charge in [-0.15, -0.1) is 0 Å². The predicted octanol–water partition coefficient (Wildman–Crippen LogP) is 2.10. The van der Waals surface area contributed by atoms with E-state index in [1.165, 1.54) is 11.1 Å². The first-order chi connectivity index (χ1) is 10.7. The Morgan fingerprint density at radius 3 is 2.43 bits per heavy atom. The standard InChI is InChI=1S/C18H24N2O3/c1-11(2)15(17(22)23)20-16(21)14-9-12-7-5-6-8-13(12)10-19(14)18(20,3)4/h5-8,11,14-15H,9-10H2,1-4H3,(H,22,23)/t14-,15-/m0/s1. The van der Waals surface area contributed by atoms with Crippen LogP contribution in [0.25, 0.3) is 0 Å². The Morgan fingerprint density at radius 1 is 1.26 bits per heavy atom. The number of aliphatic carboxylic acids is 1. The van der Waals surface area contributed by atoms with Crippen LogP contribution in [0.2, 0.25) is 0 Å². The summed E-state index contributed by atoms with van der Waals surface area (Å²) in [4.78, 5) is 28.6. The van der Waals surface area contributed by atoms with Crippen molar-refractivity contribution in [2.45, 2.75) is 58.4 Å². The Kier molecular flexibility index (Phi) is 3.71. The van der Waals surface area contributed by atoms with Crippen molar-refractivity contribution in [1.82, 2.24) is 9.80 Å². The average Bonchev–Trinajstić information content (AvgIpc) is 2.66. The Labute approximate surface area is 136 Å². The minimum absolute atomic E-state index is 0.0643. The van der Waals surface area contributed by atoms with Gasteiger partial charge in [-0.05, 0) is 37.3 Å². The van der Waals surface area contributed by atoms with Crippen LogP contribution in [0, 0.1) is 5.92 Å². The molecule has 0 spiro atoms.